The summed E-state index contributed by atoms with van der Waals surface area (Å²) in [5.41, 5.74) is 2.10. The number of aryl methyl sites for hydroxylation is 2. The van der Waals surface area contributed by atoms with Crippen LogP contribution in [0.4, 0.5) is 5.82 Å². The van der Waals surface area contributed by atoms with Crippen LogP contribution in [0.1, 0.15) is 24.1 Å². The third-order valence-corrected chi connectivity index (χ3v) is 4.33. The number of H-pyrrole nitrogens is 1. The highest BCUT2D eigenvalue weighted by Gasteiger charge is 2.22. The van der Waals surface area contributed by atoms with Gasteiger partial charge in [-0.1, -0.05) is 18.2 Å². The van der Waals surface area contributed by atoms with E-state index in [0.29, 0.717) is 0 Å². The van der Waals surface area contributed by atoms with Gasteiger partial charge in [-0.3, -0.25) is 9.89 Å². The SMILES string of the molecule is Cc1cc(N2CCC(NC(=O)COc3ccccc3C)CC2)n[nH]1. The predicted octanol–water partition coefficient (Wildman–Crippen LogP) is 2.19. The number of aromatic nitrogens is 2. The van der Waals surface area contributed by atoms with E-state index in [9.17, 15) is 4.79 Å². The van der Waals surface area contributed by atoms with Crippen molar-refractivity contribution in [2.24, 2.45) is 0 Å². The Morgan fingerprint density at radius 1 is 1.33 bits per heavy atom. The number of hydrogen-bond donors (Lipinski definition) is 2. The molecule has 128 valence electrons. The number of benzene rings is 1. The second kappa shape index (κ2) is 7.38. The quantitative estimate of drug-likeness (QED) is 0.883. The summed E-state index contributed by atoms with van der Waals surface area (Å²) in [4.78, 5) is 14.3. The Morgan fingerprint density at radius 3 is 2.75 bits per heavy atom. The summed E-state index contributed by atoms with van der Waals surface area (Å²) in [6.45, 7) is 5.82. The molecule has 0 aliphatic carbocycles. The van der Waals surface area contributed by atoms with E-state index in [2.05, 4.69) is 26.5 Å². The van der Waals surface area contributed by atoms with Crippen LogP contribution in [0, 0.1) is 13.8 Å². The van der Waals surface area contributed by atoms with Gasteiger partial charge in [-0.25, -0.2) is 0 Å². The molecule has 1 aliphatic rings. The van der Waals surface area contributed by atoms with Crippen molar-refractivity contribution in [2.45, 2.75) is 32.7 Å². The molecule has 1 aromatic carbocycles. The van der Waals surface area contributed by atoms with E-state index in [-0.39, 0.29) is 18.6 Å². The fourth-order valence-corrected chi connectivity index (χ4v) is 2.95. The number of nitrogens with one attached hydrogen (secondary N) is 2. The predicted molar refractivity (Wildman–Crippen MR) is 93.4 cm³/mol. The number of amides is 1. The molecule has 6 nitrogen and oxygen atoms in total. The number of nitrogens with zero attached hydrogens (tertiary/aromatic N) is 2. The second-order valence-corrected chi connectivity index (χ2v) is 6.29. The Morgan fingerprint density at radius 2 is 2.08 bits per heavy atom. The summed E-state index contributed by atoms with van der Waals surface area (Å²) in [6.07, 6.45) is 1.84. The van der Waals surface area contributed by atoms with Gasteiger partial charge in [0.25, 0.3) is 5.91 Å². The molecule has 2 N–H and O–H groups in total. The molecule has 1 aromatic heterocycles. The zero-order chi connectivity index (χ0) is 16.9. The maximum Gasteiger partial charge on any atom is 0.258 e. The van der Waals surface area contributed by atoms with Crippen LogP contribution in [0.2, 0.25) is 0 Å². The second-order valence-electron chi connectivity index (χ2n) is 6.29. The fraction of sp³-hybridized carbons (Fsp3) is 0.444. The molecule has 1 amide bonds. The molecule has 24 heavy (non-hydrogen) atoms. The number of hydrogen-bond acceptors (Lipinski definition) is 4. The monoisotopic (exact) mass is 328 g/mol. The van der Waals surface area contributed by atoms with E-state index in [1.807, 2.05) is 38.1 Å². The van der Waals surface area contributed by atoms with E-state index in [1.54, 1.807) is 0 Å². The van der Waals surface area contributed by atoms with Crippen LogP contribution in [0.15, 0.2) is 30.3 Å². The van der Waals surface area contributed by atoms with Crippen LogP contribution in [-0.4, -0.2) is 41.8 Å². The average Bonchev–Trinajstić information content (AvgIpc) is 3.01. The first kappa shape index (κ1) is 16.4. The number of aromatic amines is 1. The van der Waals surface area contributed by atoms with Gasteiger partial charge in [0.1, 0.15) is 5.75 Å². The van der Waals surface area contributed by atoms with E-state index in [4.69, 9.17) is 4.74 Å². The standard InChI is InChI=1S/C18H24N4O2/c1-13-5-3-4-6-16(13)24-12-18(23)19-15-7-9-22(10-8-15)17-11-14(2)20-21-17/h3-6,11,15H,7-10,12H2,1-2H3,(H,19,23)(H,20,21). The zero-order valence-corrected chi connectivity index (χ0v) is 14.2. The minimum absolute atomic E-state index is 0.0592. The lowest BCUT2D eigenvalue weighted by Crippen LogP contribution is -2.46. The van der Waals surface area contributed by atoms with Crippen molar-refractivity contribution in [3.63, 3.8) is 0 Å². The Hall–Kier alpha value is -2.50. The topological polar surface area (TPSA) is 70.2 Å². The molecule has 0 bridgehead atoms. The van der Waals surface area contributed by atoms with Crippen molar-refractivity contribution in [1.82, 2.24) is 15.5 Å². The fourth-order valence-electron chi connectivity index (χ4n) is 2.95. The number of carbonyl (C=O) groups is 1. The lowest BCUT2D eigenvalue weighted by Gasteiger charge is -2.32. The highest BCUT2D eigenvalue weighted by atomic mass is 16.5. The molecule has 2 aromatic rings. The largest absolute Gasteiger partial charge is 0.484 e. The Balaban J connectivity index is 1.42. The molecule has 2 heterocycles. The van der Waals surface area contributed by atoms with Gasteiger partial charge in [0.2, 0.25) is 0 Å². The number of carbonyl (C=O) groups excluding carboxylic acids is 1. The Kier molecular flexibility index (Phi) is 5.03. The molecule has 0 unspecified atom stereocenters. The van der Waals surface area contributed by atoms with Gasteiger partial charge in [0.05, 0.1) is 0 Å². The van der Waals surface area contributed by atoms with Crippen molar-refractivity contribution in [3.05, 3.63) is 41.6 Å². The summed E-state index contributed by atoms with van der Waals surface area (Å²) in [7, 11) is 0. The lowest BCUT2D eigenvalue weighted by atomic mass is 10.1. The van der Waals surface area contributed by atoms with E-state index in [0.717, 1.165) is 48.8 Å². The number of rotatable bonds is 5. The van der Waals surface area contributed by atoms with Gasteiger partial charge < -0.3 is 15.0 Å². The van der Waals surface area contributed by atoms with Crippen molar-refractivity contribution < 1.29 is 9.53 Å². The van der Waals surface area contributed by atoms with Crippen LogP contribution >= 0.6 is 0 Å². The van der Waals surface area contributed by atoms with Gasteiger partial charge in [0.15, 0.2) is 12.4 Å². The van der Waals surface area contributed by atoms with Gasteiger partial charge in [-0.05, 0) is 38.3 Å². The molecule has 1 saturated heterocycles. The number of para-hydroxylation sites is 1. The minimum atomic E-state index is -0.0627. The molecule has 0 atom stereocenters. The van der Waals surface area contributed by atoms with Crippen molar-refractivity contribution in [1.29, 1.82) is 0 Å². The highest BCUT2D eigenvalue weighted by molar-refractivity contribution is 5.77. The number of anilines is 1. The summed E-state index contributed by atoms with van der Waals surface area (Å²) in [5, 5.41) is 10.3. The average molecular weight is 328 g/mol. The van der Waals surface area contributed by atoms with Crippen molar-refractivity contribution in [2.75, 3.05) is 24.6 Å². The summed E-state index contributed by atoms with van der Waals surface area (Å²) in [6, 6.07) is 9.97. The van der Waals surface area contributed by atoms with E-state index >= 15 is 0 Å². The smallest absolute Gasteiger partial charge is 0.258 e. The first-order valence-corrected chi connectivity index (χ1v) is 8.36. The zero-order valence-electron chi connectivity index (χ0n) is 14.2. The molecule has 0 saturated carbocycles. The normalized spacial score (nSPS) is 15.3. The maximum atomic E-state index is 12.1. The van der Waals surface area contributed by atoms with Gasteiger partial charge in [-0.15, -0.1) is 0 Å². The van der Waals surface area contributed by atoms with Gasteiger partial charge in [0, 0.05) is 30.9 Å². The Labute approximate surface area is 142 Å². The van der Waals surface area contributed by atoms with Crippen LogP contribution in [-0.2, 0) is 4.79 Å². The van der Waals surface area contributed by atoms with E-state index < -0.39 is 0 Å². The van der Waals surface area contributed by atoms with Crippen molar-refractivity contribution in [3.8, 4) is 5.75 Å². The first-order valence-electron chi connectivity index (χ1n) is 8.36. The molecule has 3 rings (SSSR count). The molecule has 6 heteroatoms. The first-order chi connectivity index (χ1) is 11.6. The van der Waals surface area contributed by atoms with Crippen LogP contribution in [0.5, 0.6) is 5.75 Å². The van der Waals surface area contributed by atoms with Gasteiger partial charge >= 0.3 is 0 Å². The summed E-state index contributed by atoms with van der Waals surface area (Å²) >= 11 is 0. The van der Waals surface area contributed by atoms with Gasteiger partial charge in [-0.2, -0.15) is 5.10 Å². The number of piperidine rings is 1. The summed E-state index contributed by atoms with van der Waals surface area (Å²) in [5.74, 6) is 1.68. The molecule has 1 aliphatic heterocycles. The lowest BCUT2D eigenvalue weighted by molar-refractivity contribution is -0.123. The third kappa shape index (κ3) is 4.07. The maximum absolute atomic E-state index is 12.1. The van der Waals surface area contributed by atoms with E-state index in [1.165, 1.54) is 0 Å². The molecule has 0 spiro atoms. The third-order valence-electron chi connectivity index (χ3n) is 4.33. The molecular weight excluding hydrogens is 304 g/mol. The molecule has 1 fully saturated rings. The Bertz CT molecular complexity index is 690. The highest BCUT2D eigenvalue weighted by Crippen LogP contribution is 2.19. The van der Waals surface area contributed by atoms with Crippen LogP contribution < -0.4 is 15.0 Å². The molecular formula is C18H24N4O2. The molecule has 0 radical (unpaired) electrons. The van der Waals surface area contributed by atoms with Crippen LogP contribution in [0.3, 0.4) is 0 Å². The van der Waals surface area contributed by atoms with Crippen molar-refractivity contribution >= 4 is 11.7 Å². The summed E-state index contributed by atoms with van der Waals surface area (Å²) < 4.78 is 5.60. The minimum Gasteiger partial charge on any atom is -0.484 e. The van der Waals surface area contributed by atoms with Crippen LogP contribution in [0.25, 0.3) is 0 Å². The number of ether oxygens (including phenoxy) is 1.